The fourth-order valence-corrected chi connectivity index (χ4v) is 3.23. The van der Waals surface area contributed by atoms with Gasteiger partial charge in [-0.25, -0.2) is 0 Å². The molecule has 21 heavy (non-hydrogen) atoms. The molecule has 0 saturated heterocycles. The molecule has 2 atom stereocenters. The Morgan fingerprint density at radius 3 is 2.29 bits per heavy atom. The highest BCUT2D eigenvalue weighted by Gasteiger charge is 2.30. The van der Waals surface area contributed by atoms with Crippen molar-refractivity contribution in [1.29, 1.82) is 0 Å². The summed E-state index contributed by atoms with van der Waals surface area (Å²) < 4.78 is 0. The maximum absolute atomic E-state index is 10.4. The van der Waals surface area contributed by atoms with Crippen LogP contribution in [0.4, 0.5) is 0 Å². The van der Waals surface area contributed by atoms with Gasteiger partial charge in [-0.05, 0) is 56.2 Å². The van der Waals surface area contributed by atoms with E-state index in [1.807, 2.05) is 6.92 Å². The monoisotopic (exact) mass is 286 g/mol. The molecule has 1 aliphatic carbocycles. The van der Waals surface area contributed by atoms with Crippen molar-refractivity contribution >= 4 is 0 Å². The van der Waals surface area contributed by atoms with Gasteiger partial charge in [0, 0.05) is 11.5 Å². The summed E-state index contributed by atoms with van der Waals surface area (Å²) in [6, 6.07) is 3.57. The van der Waals surface area contributed by atoms with E-state index in [-0.39, 0.29) is 29.3 Å². The average Bonchev–Trinajstić information content (AvgIpc) is 2.37. The van der Waals surface area contributed by atoms with Gasteiger partial charge < -0.3 is 10.2 Å². The van der Waals surface area contributed by atoms with Crippen molar-refractivity contribution in [1.82, 2.24) is 0 Å². The zero-order valence-electron chi connectivity index (χ0n) is 13.5. The molecule has 0 aliphatic heterocycles. The molecular weight excluding hydrogens is 260 g/mol. The Balaban J connectivity index is 2.53. The number of allylic oxidation sites excluding steroid dienone is 3. The molecule has 2 nitrogen and oxygen atoms in total. The van der Waals surface area contributed by atoms with E-state index in [0.717, 1.165) is 24.0 Å². The average molecular weight is 286 g/mol. The summed E-state index contributed by atoms with van der Waals surface area (Å²) in [6.07, 6.45) is 4.25. The molecule has 2 heteroatoms. The number of benzene rings is 1. The van der Waals surface area contributed by atoms with Gasteiger partial charge in [0.25, 0.3) is 0 Å². The minimum Gasteiger partial charge on any atom is -0.507 e. The van der Waals surface area contributed by atoms with Crippen LogP contribution in [-0.2, 0) is 0 Å². The second-order valence-electron chi connectivity index (χ2n) is 6.66. The molecule has 2 N–H and O–H groups in total. The van der Waals surface area contributed by atoms with E-state index >= 15 is 0 Å². The minimum absolute atomic E-state index is 0.0115. The third-order valence-corrected chi connectivity index (χ3v) is 4.54. The lowest BCUT2D eigenvalue weighted by atomic mass is 9.73. The second kappa shape index (κ2) is 5.97. The topological polar surface area (TPSA) is 40.5 Å². The summed E-state index contributed by atoms with van der Waals surface area (Å²) in [4.78, 5) is 0. The molecule has 0 fully saturated rings. The molecule has 0 heterocycles. The van der Waals surface area contributed by atoms with E-state index in [9.17, 15) is 10.2 Å². The Labute approximate surface area is 127 Å². The fraction of sp³-hybridized carbons (Fsp3) is 0.474. The summed E-state index contributed by atoms with van der Waals surface area (Å²) in [5, 5.41) is 20.9. The largest absolute Gasteiger partial charge is 0.507 e. The maximum atomic E-state index is 10.4. The van der Waals surface area contributed by atoms with Gasteiger partial charge in [-0.2, -0.15) is 0 Å². The Hall–Kier alpha value is -1.70. The van der Waals surface area contributed by atoms with Crippen molar-refractivity contribution in [2.75, 3.05) is 0 Å². The van der Waals surface area contributed by atoms with Gasteiger partial charge in [-0.1, -0.05) is 37.6 Å². The van der Waals surface area contributed by atoms with E-state index in [4.69, 9.17) is 0 Å². The van der Waals surface area contributed by atoms with Crippen LogP contribution >= 0.6 is 0 Å². The first-order chi connectivity index (χ1) is 9.81. The Bertz CT molecular complexity index is 558. The number of hydrogen-bond donors (Lipinski definition) is 2. The summed E-state index contributed by atoms with van der Waals surface area (Å²) in [7, 11) is 0. The minimum atomic E-state index is 0.0115. The van der Waals surface area contributed by atoms with Gasteiger partial charge in [-0.3, -0.25) is 0 Å². The molecular formula is C19H26O2. The van der Waals surface area contributed by atoms with Crippen LogP contribution in [0, 0.1) is 5.92 Å². The molecule has 0 aromatic heterocycles. The van der Waals surface area contributed by atoms with Gasteiger partial charge in [0.2, 0.25) is 0 Å². The highest BCUT2D eigenvalue weighted by Crippen LogP contribution is 2.46. The lowest BCUT2D eigenvalue weighted by molar-refractivity contribution is 0.405. The first-order valence-electron chi connectivity index (χ1n) is 7.69. The molecule has 0 saturated carbocycles. The van der Waals surface area contributed by atoms with Crippen LogP contribution in [-0.4, -0.2) is 10.2 Å². The number of phenolic OH excluding ortho intramolecular Hbond substituents is 2. The van der Waals surface area contributed by atoms with Crippen molar-refractivity contribution < 1.29 is 10.2 Å². The molecule has 0 bridgehead atoms. The molecule has 0 amide bonds. The number of aromatic hydroxyl groups is 2. The summed E-state index contributed by atoms with van der Waals surface area (Å²) >= 11 is 0. The second-order valence-corrected chi connectivity index (χ2v) is 6.66. The fourth-order valence-electron chi connectivity index (χ4n) is 3.23. The summed E-state index contributed by atoms with van der Waals surface area (Å²) in [5.41, 5.74) is 4.02. The first kappa shape index (κ1) is 15.7. The molecule has 114 valence electrons. The molecule has 0 unspecified atom stereocenters. The molecule has 1 aromatic rings. The normalized spacial score (nSPS) is 22.2. The van der Waals surface area contributed by atoms with Crippen LogP contribution in [0.2, 0.25) is 0 Å². The highest BCUT2D eigenvalue weighted by atomic mass is 16.3. The van der Waals surface area contributed by atoms with Crippen LogP contribution in [0.1, 0.15) is 63.5 Å². The summed E-state index contributed by atoms with van der Waals surface area (Å²) in [5.74, 6) is 0.950. The smallest absolute Gasteiger partial charge is 0.123 e. The van der Waals surface area contributed by atoms with E-state index in [1.54, 1.807) is 12.1 Å². The van der Waals surface area contributed by atoms with E-state index in [0.29, 0.717) is 5.56 Å². The molecule has 1 aromatic carbocycles. The Kier molecular flexibility index (Phi) is 4.46. The quantitative estimate of drug-likeness (QED) is 0.746. The molecule has 2 rings (SSSR count). The lowest BCUT2D eigenvalue weighted by Crippen LogP contribution is -2.17. The van der Waals surface area contributed by atoms with E-state index in [2.05, 4.69) is 33.4 Å². The zero-order chi connectivity index (χ0) is 15.7. The number of phenols is 2. The molecule has 1 aliphatic rings. The van der Waals surface area contributed by atoms with Crippen molar-refractivity contribution in [2.24, 2.45) is 5.92 Å². The predicted molar refractivity (Wildman–Crippen MR) is 87.9 cm³/mol. The van der Waals surface area contributed by atoms with Crippen LogP contribution in [0.3, 0.4) is 0 Å². The van der Waals surface area contributed by atoms with E-state index < -0.39 is 0 Å². The van der Waals surface area contributed by atoms with Gasteiger partial charge in [0.15, 0.2) is 0 Å². The third-order valence-electron chi connectivity index (χ3n) is 4.54. The van der Waals surface area contributed by atoms with Crippen molar-refractivity contribution in [2.45, 2.75) is 52.4 Å². The zero-order valence-corrected chi connectivity index (χ0v) is 13.5. The predicted octanol–water partition coefficient (Wildman–Crippen LogP) is 5.24. The molecule has 0 radical (unpaired) electrons. The first-order valence-corrected chi connectivity index (χ1v) is 7.69. The van der Waals surface area contributed by atoms with Gasteiger partial charge in [0.05, 0.1) is 0 Å². The maximum Gasteiger partial charge on any atom is 0.123 e. The van der Waals surface area contributed by atoms with Gasteiger partial charge in [0.1, 0.15) is 11.5 Å². The van der Waals surface area contributed by atoms with Gasteiger partial charge >= 0.3 is 0 Å². The van der Waals surface area contributed by atoms with Crippen molar-refractivity contribution in [3.05, 3.63) is 47.1 Å². The van der Waals surface area contributed by atoms with E-state index in [1.165, 1.54) is 5.57 Å². The van der Waals surface area contributed by atoms with Crippen LogP contribution < -0.4 is 0 Å². The highest BCUT2D eigenvalue weighted by molar-refractivity contribution is 5.52. The SMILES string of the molecule is C=C(C)[C@@H]1CCC(C)=C[C@H]1c1c(O)cc(C(C)C)cc1O. The van der Waals surface area contributed by atoms with Crippen LogP contribution in [0.15, 0.2) is 35.9 Å². The van der Waals surface area contributed by atoms with Gasteiger partial charge in [-0.15, -0.1) is 0 Å². The Morgan fingerprint density at radius 1 is 1.24 bits per heavy atom. The Morgan fingerprint density at radius 2 is 1.81 bits per heavy atom. The standard InChI is InChI=1S/C19H26O2/c1-11(2)14-9-17(20)19(18(21)10-14)16-8-13(5)6-7-15(16)12(3)4/h8-11,15-16,20-21H,3,6-7H2,1-2,4-5H3/t15-,16+/m0/s1. The number of rotatable bonds is 3. The van der Waals surface area contributed by atoms with Crippen LogP contribution in [0.5, 0.6) is 11.5 Å². The van der Waals surface area contributed by atoms with Crippen LogP contribution in [0.25, 0.3) is 0 Å². The van der Waals surface area contributed by atoms with Crippen molar-refractivity contribution in [3.63, 3.8) is 0 Å². The van der Waals surface area contributed by atoms with Crippen molar-refractivity contribution in [3.8, 4) is 11.5 Å². The third kappa shape index (κ3) is 3.15. The lowest BCUT2D eigenvalue weighted by Gasteiger charge is -2.31. The molecule has 0 spiro atoms. The summed E-state index contributed by atoms with van der Waals surface area (Å²) in [6.45, 7) is 12.3. The number of hydrogen-bond acceptors (Lipinski definition) is 2.